The molecule has 0 saturated carbocycles. The zero-order valence-electron chi connectivity index (χ0n) is 14.7. The summed E-state index contributed by atoms with van der Waals surface area (Å²) >= 11 is 11.7. The van der Waals surface area contributed by atoms with Crippen molar-refractivity contribution in [1.29, 1.82) is 0 Å². The van der Waals surface area contributed by atoms with Crippen LogP contribution in [-0.2, 0) is 23.9 Å². The average molecular weight is 406 g/mol. The molecule has 0 heterocycles. The standard InChI is InChI=1S/C17H21Cl2NO6/c1-4-10(2)16(17(23)24-3)20-14(21)8-26-15(22)9-25-13-6-5-11(18)7-12(13)19/h5-7,10,16H,4,8-9H2,1-3H3,(H,20,21)/t10-,16+/m0/s1. The molecule has 0 aliphatic heterocycles. The molecule has 0 saturated heterocycles. The van der Waals surface area contributed by atoms with Crippen molar-refractivity contribution in [2.75, 3.05) is 20.3 Å². The van der Waals surface area contributed by atoms with E-state index in [0.29, 0.717) is 11.4 Å². The number of esters is 2. The third kappa shape index (κ3) is 7.09. The summed E-state index contributed by atoms with van der Waals surface area (Å²) in [5.74, 6) is -1.79. The lowest BCUT2D eigenvalue weighted by Gasteiger charge is -2.21. The van der Waals surface area contributed by atoms with Gasteiger partial charge in [0.25, 0.3) is 5.91 Å². The molecule has 144 valence electrons. The molecule has 0 radical (unpaired) electrons. The minimum atomic E-state index is -0.805. The van der Waals surface area contributed by atoms with Crippen molar-refractivity contribution in [2.24, 2.45) is 5.92 Å². The lowest BCUT2D eigenvalue weighted by molar-refractivity contribution is -0.152. The highest BCUT2D eigenvalue weighted by atomic mass is 35.5. The van der Waals surface area contributed by atoms with Crippen LogP contribution in [0.15, 0.2) is 18.2 Å². The van der Waals surface area contributed by atoms with E-state index in [1.54, 1.807) is 13.0 Å². The molecular formula is C17H21Cl2NO6. The first-order valence-electron chi connectivity index (χ1n) is 7.89. The van der Waals surface area contributed by atoms with Crippen LogP contribution in [0.3, 0.4) is 0 Å². The molecule has 0 aromatic heterocycles. The Morgan fingerprint density at radius 3 is 2.46 bits per heavy atom. The van der Waals surface area contributed by atoms with Crippen molar-refractivity contribution in [1.82, 2.24) is 5.32 Å². The average Bonchev–Trinajstić information content (AvgIpc) is 2.62. The van der Waals surface area contributed by atoms with E-state index in [9.17, 15) is 14.4 Å². The third-order valence-corrected chi connectivity index (χ3v) is 4.12. The van der Waals surface area contributed by atoms with Crippen LogP contribution >= 0.6 is 23.2 Å². The van der Waals surface area contributed by atoms with E-state index in [4.69, 9.17) is 32.7 Å². The second-order valence-electron chi connectivity index (χ2n) is 5.48. The Morgan fingerprint density at radius 1 is 1.19 bits per heavy atom. The molecule has 9 heteroatoms. The fourth-order valence-electron chi connectivity index (χ4n) is 1.93. The number of carbonyl (C=O) groups excluding carboxylic acids is 3. The normalized spacial score (nSPS) is 12.7. The van der Waals surface area contributed by atoms with Crippen molar-refractivity contribution >= 4 is 41.0 Å². The van der Waals surface area contributed by atoms with Crippen LogP contribution in [0.4, 0.5) is 0 Å². The van der Waals surface area contributed by atoms with Crippen molar-refractivity contribution in [3.05, 3.63) is 28.2 Å². The largest absolute Gasteiger partial charge is 0.480 e. The van der Waals surface area contributed by atoms with Crippen LogP contribution in [0, 0.1) is 5.92 Å². The number of amides is 1. The maximum Gasteiger partial charge on any atom is 0.344 e. The molecule has 0 bridgehead atoms. The van der Waals surface area contributed by atoms with Gasteiger partial charge in [-0.05, 0) is 24.1 Å². The minimum absolute atomic E-state index is 0.127. The highest BCUT2D eigenvalue weighted by Gasteiger charge is 2.26. The number of halogens is 2. The van der Waals surface area contributed by atoms with Crippen LogP contribution in [0.2, 0.25) is 10.0 Å². The van der Waals surface area contributed by atoms with Gasteiger partial charge in [0, 0.05) is 5.02 Å². The van der Waals surface area contributed by atoms with Crippen LogP contribution in [0.25, 0.3) is 0 Å². The van der Waals surface area contributed by atoms with E-state index in [2.05, 4.69) is 10.1 Å². The summed E-state index contributed by atoms with van der Waals surface area (Å²) in [6.45, 7) is 2.71. The number of carbonyl (C=O) groups is 3. The fraction of sp³-hybridized carbons (Fsp3) is 0.471. The lowest BCUT2D eigenvalue weighted by atomic mass is 9.99. The van der Waals surface area contributed by atoms with E-state index >= 15 is 0 Å². The van der Waals surface area contributed by atoms with Crippen molar-refractivity contribution in [2.45, 2.75) is 26.3 Å². The second kappa shape index (κ2) is 10.9. The first kappa shape index (κ1) is 22.1. The number of ether oxygens (including phenoxy) is 3. The number of nitrogens with one attached hydrogen (secondary N) is 1. The maximum atomic E-state index is 11.9. The second-order valence-corrected chi connectivity index (χ2v) is 6.32. The summed E-state index contributed by atoms with van der Waals surface area (Å²) in [7, 11) is 1.24. The van der Waals surface area contributed by atoms with Gasteiger partial charge < -0.3 is 19.5 Å². The van der Waals surface area contributed by atoms with Crippen molar-refractivity contribution < 1.29 is 28.6 Å². The van der Waals surface area contributed by atoms with Crippen molar-refractivity contribution in [3.63, 3.8) is 0 Å². The van der Waals surface area contributed by atoms with E-state index in [1.165, 1.54) is 19.2 Å². The van der Waals surface area contributed by atoms with Gasteiger partial charge in [-0.2, -0.15) is 0 Å². The van der Waals surface area contributed by atoms with Gasteiger partial charge in [0.05, 0.1) is 12.1 Å². The molecule has 0 spiro atoms. The Kier molecular flexibility index (Phi) is 9.23. The highest BCUT2D eigenvalue weighted by molar-refractivity contribution is 6.35. The maximum absolute atomic E-state index is 11.9. The van der Waals surface area contributed by atoms with E-state index in [1.807, 2.05) is 6.92 Å². The van der Waals surface area contributed by atoms with Gasteiger partial charge in [0.2, 0.25) is 0 Å². The summed E-state index contributed by atoms with van der Waals surface area (Å²) in [5.41, 5.74) is 0. The number of rotatable bonds is 9. The minimum Gasteiger partial charge on any atom is -0.480 e. The predicted molar refractivity (Wildman–Crippen MR) is 96.3 cm³/mol. The molecule has 1 amide bonds. The molecule has 1 N–H and O–H groups in total. The Labute approximate surface area is 161 Å². The van der Waals surface area contributed by atoms with Crippen molar-refractivity contribution in [3.8, 4) is 5.75 Å². The summed E-state index contributed by atoms with van der Waals surface area (Å²) in [6.07, 6.45) is 0.662. The van der Waals surface area contributed by atoms with Crippen LogP contribution in [0.5, 0.6) is 5.75 Å². The zero-order chi connectivity index (χ0) is 19.7. The Balaban J connectivity index is 2.45. The molecule has 0 aliphatic carbocycles. The topological polar surface area (TPSA) is 90.9 Å². The summed E-state index contributed by atoms with van der Waals surface area (Å²) in [4.78, 5) is 35.3. The molecule has 1 rings (SSSR count). The van der Waals surface area contributed by atoms with Gasteiger partial charge in [-0.1, -0.05) is 43.5 Å². The van der Waals surface area contributed by atoms with Gasteiger partial charge in [-0.25, -0.2) is 9.59 Å². The van der Waals surface area contributed by atoms with Gasteiger partial charge in [0.1, 0.15) is 11.8 Å². The van der Waals surface area contributed by atoms with Crippen LogP contribution < -0.4 is 10.1 Å². The van der Waals surface area contributed by atoms with Crippen LogP contribution in [-0.4, -0.2) is 44.2 Å². The number of hydrogen-bond donors (Lipinski definition) is 1. The van der Waals surface area contributed by atoms with E-state index in [0.717, 1.165) is 0 Å². The molecule has 0 aliphatic rings. The number of hydrogen-bond acceptors (Lipinski definition) is 6. The molecule has 7 nitrogen and oxygen atoms in total. The molecular weight excluding hydrogens is 385 g/mol. The van der Waals surface area contributed by atoms with Gasteiger partial charge >= 0.3 is 11.9 Å². The molecule has 0 fully saturated rings. The molecule has 0 unspecified atom stereocenters. The third-order valence-electron chi connectivity index (χ3n) is 3.59. The number of methoxy groups -OCH3 is 1. The van der Waals surface area contributed by atoms with Gasteiger partial charge in [-0.15, -0.1) is 0 Å². The number of benzene rings is 1. The summed E-state index contributed by atoms with van der Waals surface area (Å²) < 4.78 is 14.7. The lowest BCUT2D eigenvalue weighted by Crippen LogP contribution is -2.47. The molecule has 2 atom stereocenters. The highest BCUT2D eigenvalue weighted by Crippen LogP contribution is 2.27. The fourth-order valence-corrected chi connectivity index (χ4v) is 2.39. The van der Waals surface area contributed by atoms with Gasteiger partial charge in [0.15, 0.2) is 13.2 Å². The first-order valence-corrected chi connectivity index (χ1v) is 8.64. The quantitative estimate of drug-likeness (QED) is 0.634. The smallest absolute Gasteiger partial charge is 0.344 e. The monoisotopic (exact) mass is 405 g/mol. The molecule has 1 aromatic carbocycles. The summed E-state index contributed by atoms with van der Waals surface area (Å²) in [5, 5.41) is 3.18. The molecule has 26 heavy (non-hydrogen) atoms. The molecule has 1 aromatic rings. The van der Waals surface area contributed by atoms with E-state index in [-0.39, 0.29) is 16.7 Å². The zero-order valence-corrected chi connectivity index (χ0v) is 16.2. The SMILES string of the molecule is CC[C@H](C)[C@@H](NC(=O)COC(=O)COc1ccc(Cl)cc1Cl)C(=O)OC. The van der Waals surface area contributed by atoms with Crippen LogP contribution in [0.1, 0.15) is 20.3 Å². The first-order chi connectivity index (χ1) is 12.3. The Bertz CT molecular complexity index is 652. The van der Waals surface area contributed by atoms with Gasteiger partial charge in [-0.3, -0.25) is 4.79 Å². The van der Waals surface area contributed by atoms with E-state index < -0.39 is 37.1 Å². The predicted octanol–water partition coefficient (Wildman–Crippen LogP) is 2.62. The Morgan fingerprint density at radius 2 is 1.88 bits per heavy atom. The summed E-state index contributed by atoms with van der Waals surface area (Å²) in [6, 6.07) is 3.74. The Hall–Kier alpha value is -1.99.